The number of fused-ring (bicyclic) bond motifs is 1. The molecule has 102 valence electrons. The van der Waals surface area contributed by atoms with Gasteiger partial charge in [0.15, 0.2) is 0 Å². The number of imidazole rings is 1. The number of nitrogens with one attached hydrogen (secondary N) is 1. The van der Waals surface area contributed by atoms with Gasteiger partial charge in [-0.3, -0.25) is 0 Å². The Morgan fingerprint density at radius 1 is 1.47 bits per heavy atom. The van der Waals surface area contributed by atoms with Crippen molar-refractivity contribution in [2.75, 3.05) is 6.54 Å². The molecule has 2 heterocycles. The van der Waals surface area contributed by atoms with Crippen molar-refractivity contribution in [1.29, 1.82) is 0 Å². The second-order valence-electron chi connectivity index (χ2n) is 5.49. The maximum atomic E-state index is 13.4. The lowest BCUT2D eigenvalue weighted by Crippen LogP contribution is -2.39. The van der Waals surface area contributed by atoms with Crippen LogP contribution in [-0.2, 0) is 12.6 Å². The monoisotopic (exact) mass is 261 g/mol. The van der Waals surface area contributed by atoms with Gasteiger partial charge in [0.25, 0.3) is 0 Å². The lowest BCUT2D eigenvalue weighted by atomic mass is 9.91. The zero-order valence-electron chi connectivity index (χ0n) is 11.5. The summed E-state index contributed by atoms with van der Waals surface area (Å²) < 4.78 is 15.4. The van der Waals surface area contributed by atoms with Gasteiger partial charge in [0, 0.05) is 7.05 Å². The summed E-state index contributed by atoms with van der Waals surface area (Å²) in [7, 11) is 1.99. The standard InChI is InChI=1S/C15H20FN3/c1-3-7-15(8-4-9-17-15)14-18-12-6-5-11(16)10-13(12)19(14)2/h5-6,10,17H,3-4,7-9H2,1-2H3. The van der Waals surface area contributed by atoms with Crippen LogP contribution in [0, 0.1) is 5.82 Å². The summed E-state index contributed by atoms with van der Waals surface area (Å²) in [5.74, 6) is 0.846. The van der Waals surface area contributed by atoms with Gasteiger partial charge in [-0.15, -0.1) is 0 Å². The molecule has 0 amide bonds. The largest absolute Gasteiger partial charge is 0.329 e. The number of hydrogen-bond donors (Lipinski definition) is 1. The third-order valence-electron chi connectivity index (χ3n) is 4.19. The summed E-state index contributed by atoms with van der Waals surface area (Å²) in [6.45, 7) is 3.24. The first kappa shape index (κ1) is 12.6. The average Bonchev–Trinajstić information content (AvgIpc) is 2.97. The molecular formula is C15H20FN3. The van der Waals surface area contributed by atoms with Gasteiger partial charge in [0.05, 0.1) is 16.6 Å². The number of benzene rings is 1. The number of halogens is 1. The predicted octanol–water partition coefficient (Wildman–Crippen LogP) is 3.09. The van der Waals surface area contributed by atoms with E-state index in [2.05, 4.69) is 12.2 Å². The molecule has 0 saturated carbocycles. The topological polar surface area (TPSA) is 29.9 Å². The number of aryl methyl sites for hydroxylation is 1. The molecule has 2 aromatic rings. The van der Waals surface area contributed by atoms with E-state index in [0.717, 1.165) is 42.7 Å². The highest BCUT2D eigenvalue weighted by molar-refractivity contribution is 5.76. The van der Waals surface area contributed by atoms with Gasteiger partial charge in [-0.2, -0.15) is 0 Å². The Balaban J connectivity index is 2.16. The van der Waals surface area contributed by atoms with Crippen LogP contribution >= 0.6 is 0 Å². The van der Waals surface area contributed by atoms with Crippen molar-refractivity contribution >= 4 is 11.0 Å². The highest BCUT2D eigenvalue weighted by Crippen LogP contribution is 2.35. The molecule has 1 saturated heterocycles. The van der Waals surface area contributed by atoms with Crippen molar-refractivity contribution in [1.82, 2.24) is 14.9 Å². The normalized spacial score (nSPS) is 23.3. The maximum Gasteiger partial charge on any atom is 0.130 e. The van der Waals surface area contributed by atoms with Crippen molar-refractivity contribution in [2.45, 2.75) is 38.1 Å². The van der Waals surface area contributed by atoms with E-state index in [1.165, 1.54) is 12.5 Å². The number of rotatable bonds is 3. The van der Waals surface area contributed by atoms with E-state index in [9.17, 15) is 4.39 Å². The smallest absolute Gasteiger partial charge is 0.130 e. The summed E-state index contributed by atoms with van der Waals surface area (Å²) in [4.78, 5) is 4.76. The van der Waals surface area contributed by atoms with Gasteiger partial charge in [-0.25, -0.2) is 9.37 Å². The van der Waals surface area contributed by atoms with Crippen molar-refractivity contribution in [3.05, 3.63) is 29.8 Å². The zero-order valence-corrected chi connectivity index (χ0v) is 11.5. The van der Waals surface area contributed by atoms with Crippen LogP contribution < -0.4 is 5.32 Å². The zero-order chi connectivity index (χ0) is 13.5. The lowest BCUT2D eigenvalue weighted by Gasteiger charge is -2.28. The van der Waals surface area contributed by atoms with E-state index in [4.69, 9.17) is 4.98 Å². The third-order valence-corrected chi connectivity index (χ3v) is 4.19. The molecular weight excluding hydrogens is 241 g/mol. The van der Waals surface area contributed by atoms with Crippen molar-refractivity contribution < 1.29 is 4.39 Å². The first-order chi connectivity index (χ1) is 9.16. The van der Waals surface area contributed by atoms with Gasteiger partial charge >= 0.3 is 0 Å². The fraction of sp³-hybridized carbons (Fsp3) is 0.533. The van der Waals surface area contributed by atoms with Gasteiger partial charge in [-0.1, -0.05) is 13.3 Å². The number of aromatic nitrogens is 2. The first-order valence-electron chi connectivity index (χ1n) is 7.04. The molecule has 1 N–H and O–H groups in total. The summed E-state index contributed by atoms with van der Waals surface area (Å²) in [6.07, 6.45) is 4.48. The molecule has 4 heteroatoms. The van der Waals surface area contributed by atoms with Crippen LogP contribution in [0.1, 0.15) is 38.4 Å². The molecule has 19 heavy (non-hydrogen) atoms. The molecule has 1 atom stereocenters. The molecule has 1 aromatic carbocycles. The van der Waals surface area contributed by atoms with Crippen LogP contribution in [0.25, 0.3) is 11.0 Å². The Morgan fingerprint density at radius 3 is 3.00 bits per heavy atom. The van der Waals surface area contributed by atoms with E-state index >= 15 is 0 Å². The quantitative estimate of drug-likeness (QED) is 0.920. The highest BCUT2D eigenvalue weighted by atomic mass is 19.1. The fourth-order valence-corrected chi connectivity index (χ4v) is 3.34. The Kier molecular flexibility index (Phi) is 3.05. The van der Waals surface area contributed by atoms with E-state index in [1.54, 1.807) is 12.1 Å². The highest BCUT2D eigenvalue weighted by Gasteiger charge is 2.38. The van der Waals surface area contributed by atoms with Crippen LogP contribution in [0.2, 0.25) is 0 Å². The molecule has 0 radical (unpaired) electrons. The summed E-state index contributed by atoms with van der Waals surface area (Å²) in [6, 6.07) is 4.82. The predicted molar refractivity (Wildman–Crippen MR) is 74.5 cm³/mol. The molecule has 3 nitrogen and oxygen atoms in total. The molecule has 1 aliphatic rings. The molecule has 1 unspecified atom stereocenters. The number of hydrogen-bond acceptors (Lipinski definition) is 2. The van der Waals surface area contributed by atoms with Crippen LogP contribution in [-0.4, -0.2) is 16.1 Å². The molecule has 1 aromatic heterocycles. The minimum absolute atomic E-state index is 0.0288. The van der Waals surface area contributed by atoms with Crippen molar-refractivity contribution in [3.8, 4) is 0 Å². The van der Waals surface area contributed by atoms with E-state index in [0.29, 0.717) is 0 Å². The Bertz CT molecular complexity index is 597. The Hall–Kier alpha value is -1.42. The van der Waals surface area contributed by atoms with Crippen LogP contribution in [0.4, 0.5) is 4.39 Å². The average molecular weight is 261 g/mol. The Labute approximate surface area is 112 Å². The van der Waals surface area contributed by atoms with Crippen LogP contribution in [0.15, 0.2) is 18.2 Å². The van der Waals surface area contributed by atoms with Gasteiger partial charge in [-0.05, 0) is 44.0 Å². The van der Waals surface area contributed by atoms with Gasteiger partial charge in [0.2, 0.25) is 0 Å². The maximum absolute atomic E-state index is 13.4. The summed E-state index contributed by atoms with van der Waals surface area (Å²) >= 11 is 0. The minimum atomic E-state index is -0.203. The molecule has 0 spiro atoms. The summed E-state index contributed by atoms with van der Waals surface area (Å²) in [5, 5.41) is 3.63. The third kappa shape index (κ3) is 1.94. The summed E-state index contributed by atoms with van der Waals surface area (Å²) in [5.41, 5.74) is 1.72. The minimum Gasteiger partial charge on any atom is -0.329 e. The molecule has 1 fully saturated rings. The Morgan fingerprint density at radius 2 is 2.32 bits per heavy atom. The first-order valence-corrected chi connectivity index (χ1v) is 7.04. The van der Waals surface area contributed by atoms with Gasteiger partial charge < -0.3 is 9.88 Å². The van der Waals surface area contributed by atoms with E-state index < -0.39 is 0 Å². The van der Waals surface area contributed by atoms with Crippen LogP contribution in [0.3, 0.4) is 0 Å². The fourth-order valence-electron chi connectivity index (χ4n) is 3.34. The SMILES string of the molecule is CCCC1(c2nc3ccc(F)cc3n2C)CCCN1. The lowest BCUT2D eigenvalue weighted by molar-refractivity contribution is 0.327. The second-order valence-corrected chi connectivity index (χ2v) is 5.49. The van der Waals surface area contributed by atoms with Crippen LogP contribution in [0.5, 0.6) is 0 Å². The molecule has 0 aliphatic carbocycles. The van der Waals surface area contributed by atoms with Crippen molar-refractivity contribution in [2.24, 2.45) is 7.05 Å². The van der Waals surface area contributed by atoms with Gasteiger partial charge in [0.1, 0.15) is 11.6 Å². The van der Waals surface area contributed by atoms with Crippen molar-refractivity contribution in [3.63, 3.8) is 0 Å². The number of nitrogens with zero attached hydrogens (tertiary/aromatic N) is 2. The van der Waals surface area contributed by atoms with E-state index in [1.807, 2.05) is 11.6 Å². The molecule has 3 rings (SSSR count). The second kappa shape index (κ2) is 4.60. The van der Waals surface area contributed by atoms with E-state index in [-0.39, 0.29) is 11.4 Å². The molecule has 1 aliphatic heterocycles. The molecule has 0 bridgehead atoms.